The molecular weight excluding hydrogens is 238 g/mol. The molecule has 0 atom stereocenters. The van der Waals surface area contributed by atoms with E-state index in [9.17, 15) is 0 Å². The fourth-order valence-corrected chi connectivity index (χ4v) is 2.61. The van der Waals surface area contributed by atoms with E-state index in [1.54, 1.807) is 4.52 Å². The normalized spacial score (nSPS) is 13.9. The van der Waals surface area contributed by atoms with Gasteiger partial charge in [-0.1, -0.05) is 12.1 Å². The number of nitrogens with zero attached hydrogens (tertiary/aromatic N) is 3. The summed E-state index contributed by atoms with van der Waals surface area (Å²) in [5.74, 6) is 0.301. The molecule has 0 unspecified atom stereocenters. The topological polar surface area (TPSA) is 68.2 Å². The van der Waals surface area contributed by atoms with Crippen molar-refractivity contribution in [2.45, 2.75) is 13.1 Å². The van der Waals surface area contributed by atoms with Crippen LogP contribution in [0.15, 0.2) is 36.5 Å². The van der Waals surface area contributed by atoms with Gasteiger partial charge in [-0.05, 0) is 34.9 Å². The molecule has 94 valence electrons. The van der Waals surface area contributed by atoms with E-state index in [0.717, 1.165) is 29.9 Å². The van der Waals surface area contributed by atoms with Crippen LogP contribution in [0.4, 0.5) is 5.95 Å². The summed E-state index contributed by atoms with van der Waals surface area (Å²) in [6, 6.07) is 10.5. The van der Waals surface area contributed by atoms with Gasteiger partial charge in [-0.2, -0.15) is 4.98 Å². The van der Waals surface area contributed by atoms with Crippen molar-refractivity contribution in [2.24, 2.45) is 0 Å². The molecule has 3 aromatic rings. The van der Waals surface area contributed by atoms with E-state index < -0.39 is 0 Å². The molecule has 1 aliphatic rings. The molecule has 1 aliphatic heterocycles. The molecule has 5 nitrogen and oxygen atoms in total. The van der Waals surface area contributed by atoms with Crippen LogP contribution in [0.1, 0.15) is 11.1 Å². The Morgan fingerprint density at radius 1 is 1.16 bits per heavy atom. The van der Waals surface area contributed by atoms with Crippen LogP contribution >= 0.6 is 0 Å². The van der Waals surface area contributed by atoms with Crippen LogP contribution < -0.4 is 11.1 Å². The molecule has 0 radical (unpaired) electrons. The predicted molar refractivity (Wildman–Crippen MR) is 73.4 cm³/mol. The minimum atomic E-state index is 0.301. The van der Waals surface area contributed by atoms with Gasteiger partial charge in [0, 0.05) is 24.8 Å². The number of fused-ring (bicyclic) bond motifs is 2. The van der Waals surface area contributed by atoms with Gasteiger partial charge in [0.15, 0.2) is 5.65 Å². The minimum Gasteiger partial charge on any atom is -0.366 e. The molecule has 0 saturated heterocycles. The lowest BCUT2D eigenvalue weighted by atomic mass is 10.0. The number of hydrogen-bond donors (Lipinski definition) is 2. The van der Waals surface area contributed by atoms with Gasteiger partial charge in [-0.3, -0.25) is 0 Å². The number of benzene rings is 1. The van der Waals surface area contributed by atoms with Gasteiger partial charge in [-0.15, -0.1) is 5.10 Å². The highest BCUT2D eigenvalue weighted by Gasteiger charge is 2.13. The monoisotopic (exact) mass is 251 g/mol. The van der Waals surface area contributed by atoms with Crippen LogP contribution in [0.5, 0.6) is 0 Å². The van der Waals surface area contributed by atoms with E-state index in [-0.39, 0.29) is 0 Å². The van der Waals surface area contributed by atoms with Crippen molar-refractivity contribution in [1.29, 1.82) is 0 Å². The van der Waals surface area contributed by atoms with Crippen molar-refractivity contribution in [3.05, 3.63) is 47.7 Å². The fourth-order valence-electron chi connectivity index (χ4n) is 2.61. The maximum Gasteiger partial charge on any atom is 0.240 e. The third kappa shape index (κ3) is 1.59. The van der Waals surface area contributed by atoms with Crippen molar-refractivity contribution in [3.63, 3.8) is 0 Å². The average Bonchev–Trinajstić information content (AvgIpc) is 3.01. The Kier molecular flexibility index (Phi) is 2.10. The molecule has 3 heterocycles. The van der Waals surface area contributed by atoms with E-state index in [1.807, 2.05) is 18.3 Å². The summed E-state index contributed by atoms with van der Waals surface area (Å²) < 4.78 is 1.72. The van der Waals surface area contributed by atoms with Crippen LogP contribution in [-0.4, -0.2) is 14.6 Å². The van der Waals surface area contributed by atoms with Crippen LogP contribution in [-0.2, 0) is 13.1 Å². The van der Waals surface area contributed by atoms with Gasteiger partial charge in [0.1, 0.15) is 0 Å². The first-order valence-electron chi connectivity index (χ1n) is 6.25. The summed E-state index contributed by atoms with van der Waals surface area (Å²) in [7, 11) is 0. The number of rotatable bonds is 1. The second-order valence-electron chi connectivity index (χ2n) is 4.75. The molecule has 0 bridgehead atoms. The second kappa shape index (κ2) is 3.80. The Morgan fingerprint density at radius 3 is 3.00 bits per heavy atom. The van der Waals surface area contributed by atoms with E-state index in [4.69, 9.17) is 5.73 Å². The third-order valence-electron chi connectivity index (χ3n) is 3.53. The first kappa shape index (κ1) is 10.5. The summed E-state index contributed by atoms with van der Waals surface area (Å²) in [6.07, 6.45) is 1.86. The van der Waals surface area contributed by atoms with E-state index in [2.05, 4.69) is 33.6 Å². The number of hydrogen-bond acceptors (Lipinski definition) is 4. The Bertz CT molecular complexity index is 775. The van der Waals surface area contributed by atoms with E-state index in [0.29, 0.717) is 5.95 Å². The Balaban J connectivity index is 1.94. The minimum absolute atomic E-state index is 0.301. The molecule has 0 spiro atoms. The number of aromatic nitrogens is 3. The summed E-state index contributed by atoms with van der Waals surface area (Å²) in [4.78, 5) is 4.30. The Labute approximate surface area is 110 Å². The third-order valence-corrected chi connectivity index (χ3v) is 3.53. The molecule has 0 saturated carbocycles. The first-order valence-corrected chi connectivity index (χ1v) is 6.25. The van der Waals surface area contributed by atoms with Crippen LogP contribution in [0.2, 0.25) is 0 Å². The molecule has 1 aromatic carbocycles. The van der Waals surface area contributed by atoms with E-state index >= 15 is 0 Å². The maximum absolute atomic E-state index is 5.67. The summed E-state index contributed by atoms with van der Waals surface area (Å²) in [6.45, 7) is 1.89. The molecule has 2 aromatic heterocycles. The largest absolute Gasteiger partial charge is 0.366 e. The zero-order valence-corrected chi connectivity index (χ0v) is 10.3. The lowest BCUT2D eigenvalue weighted by Crippen LogP contribution is -1.99. The van der Waals surface area contributed by atoms with Crippen LogP contribution in [0, 0.1) is 0 Å². The van der Waals surface area contributed by atoms with Gasteiger partial charge >= 0.3 is 0 Å². The second-order valence-corrected chi connectivity index (χ2v) is 4.75. The summed E-state index contributed by atoms with van der Waals surface area (Å²) in [5, 5.41) is 7.50. The number of anilines is 1. The van der Waals surface area contributed by atoms with Crippen LogP contribution in [0.25, 0.3) is 16.8 Å². The zero-order chi connectivity index (χ0) is 12.8. The van der Waals surface area contributed by atoms with Gasteiger partial charge in [0.25, 0.3) is 0 Å². The first-order chi connectivity index (χ1) is 9.31. The molecule has 0 fully saturated rings. The van der Waals surface area contributed by atoms with Gasteiger partial charge in [0.2, 0.25) is 5.95 Å². The van der Waals surface area contributed by atoms with Crippen LogP contribution in [0.3, 0.4) is 0 Å². The van der Waals surface area contributed by atoms with Gasteiger partial charge < -0.3 is 11.1 Å². The lowest BCUT2D eigenvalue weighted by molar-refractivity contribution is 0.765. The van der Waals surface area contributed by atoms with Gasteiger partial charge in [0.05, 0.1) is 0 Å². The highest BCUT2D eigenvalue weighted by molar-refractivity contribution is 5.78. The molecule has 3 N–H and O–H groups in total. The van der Waals surface area contributed by atoms with Crippen molar-refractivity contribution in [3.8, 4) is 11.1 Å². The maximum atomic E-state index is 5.67. The Morgan fingerprint density at radius 2 is 2.05 bits per heavy atom. The van der Waals surface area contributed by atoms with E-state index in [1.165, 1.54) is 11.1 Å². The molecule has 4 rings (SSSR count). The molecule has 5 heteroatoms. The summed E-state index contributed by atoms with van der Waals surface area (Å²) in [5.41, 5.74) is 11.4. The molecule has 0 amide bonds. The average molecular weight is 251 g/mol. The predicted octanol–water partition coefficient (Wildman–Crippen LogP) is 1.58. The fraction of sp³-hybridized carbons (Fsp3) is 0.143. The SMILES string of the molecule is Nc1nc2c(-c3ccc4c(c3)CNC4)cccn2n1. The highest BCUT2D eigenvalue weighted by atomic mass is 15.3. The van der Waals surface area contributed by atoms with Crippen molar-refractivity contribution in [1.82, 2.24) is 19.9 Å². The van der Waals surface area contributed by atoms with Crippen molar-refractivity contribution >= 4 is 11.6 Å². The number of nitrogen functional groups attached to an aromatic ring is 1. The lowest BCUT2D eigenvalue weighted by Gasteiger charge is -2.05. The van der Waals surface area contributed by atoms with Crippen molar-refractivity contribution < 1.29 is 0 Å². The number of nitrogens with two attached hydrogens (primary N) is 1. The Hall–Kier alpha value is -2.40. The molecule has 0 aliphatic carbocycles. The number of nitrogens with one attached hydrogen (secondary N) is 1. The zero-order valence-electron chi connectivity index (χ0n) is 10.3. The van der Waals surface area contributed by atoms with Gasteiger partial charge in [-0.25, -0.2) is 4.52 Å². The smallest absolute Gasteiger partial charge is 0.240 e. The standard InChI is InChI=1S/C14H13N5/c15-14-17-13-12(2-1-5-19(13)18-14)9-3-4-10-7-16-8-11(10)6-9/h1-6,16H,7-8H2,(H2,15,18). The summed E-state index contributed by atoms with van der Waals surface area (Å²) >= 11 is 0. The van der Waals surface area contributed by atoms with Crippen molar-refractivity contribution in [2.75, 3.05) is 5.73 Å². The molecular formula is C14H13N5. The molecule has 19 heavy (non-hydrogen) atoms. The number of pyridine rings is 1. The quantitative estimate of drug-likeness (QED) is 0.689. The highest BCUT2D eigenvalue weighted by Crippen LogP contribution is 2.27.